The molecule has 2 aromatic rings. The lowest BCUT2D eigenvalue weighted by atomic mass is 10.0. The van der Waals surface area contributed by atoms with Crippen LogP contribution in [-0.4, -0.2) is 19.4 Å². The molecule has 18 heavy (non-hydrogen) atoms. The zero-order valence-corrected chi connectivity index (χ0v) is 11.7. The molecule has 0 aliphatic rings. The van der Waals surface area contributed by atoms with E-state index in [-0.39, 0.29) is 5.88 Å². The standard InChI is InChI=1S/C12H13BrN2O3/c1-16-6-7-3-11(17-2)10(13)4-8(7)9-5-15-18-12(9)14/h3-5H,6,14H2,1-2H3. The second-order valence-electron chi connectivity index (χ2n) is 3.68. The smallest absolute Gasteiger partial charge is 0.229 e. The van der Waals surface area contributed by atoms with E-state index in [0.29, 0.717) is 6.61 Å². The molecule has 0 unspecified atom stereocenters. The summed E-state index contributed by atoms with van der Waals surface area (Å²) in [6, 6.07) is 3.81. The minimum absolute atomic E-state index is 0.282. The van der Waals surface area contributed by atoms with E-state index in [9.17, 15) is 0 Å². The van der Waals surface area contributed by atoms with Crippen LogP contribution in [0.1, 0.15) is 5.56 Å². The Kier molecular flexibility index (Phi) is 3.88. The fourth-order valence-electron chi connectivity index (χ4n) is 1.73. The zero-order valence-electron chi connectivity index (χ0n) is 10.1. The second kappa shape index (κ2) is 5.41. The fraction of sp³-hybridized carbons (Fsp3) is 0.250. The number of aromatic nitrogens is 1. The van der Waals surface area contributed by atoms with Crippen molar-refractivity contribution in [1.82, 2.24) is 5.16 Å². The van der Waals surface area contributed by atoms with Crippen LogP contribution in [0, 0.1) is 0 Å². The van der Waals surface area contributed by atoms with Crippen molar-refractivity contribution in [1.29, 1.82) is 0 Å². The van der Waals surface area contributed by atoms with Crippen LogP contribution in [0.4, 0.5) is 5.88 Å². The number of anilines is 1. The molecule has 0 radical (unpaired) electrons. The van der Waals surface area contributed by atoms with E-state index in [0.717, 1.165) is 26.9 Å². The van der Waals surface area contributed by atoms with Gasteiger partial charge in [-0.3, -0.25) is 0 Å². The average molecular weight is 313 g/mol. The Balaban J connectivity index is 2.58. The van der Waals surface area contributed by atoms with Gasteiger partial charge in [0.2, 0.25) is 5.88 Å². The third kappa shape index (κ3) is 2.34. The van der Waals surface area contributed by atoms with Crippen molar-refractivity contribution < 1.29 is 14.0 Å². The van der Waals surface area contributed by atoms with E-state index in [1.165, 1.54) is 0 Å². The van der Waals surface area contributed by atoms with E-state index in [1.807, 2.05) is 12.1 Å². The van der Waals surface area contributed by atoms with Crippen molar-refractivity contribution in [3.63, 3.8) is 0 Å². The molecule has 0 aliphatic heterocycles. The quantitative estimate of drug-likeness (QED) is 0.940. The topological polar surface area (TPSA) is 70.5 Å². The van der Waals surface area contributed by atoms with Gasteiger partial charge in [0.25, 0.3) is 0 Å². The van der Waals surface area contributed by atoms with Gasteiger partial charge in [-0.05, 0) is 39.2 Å². The predicted octanol–water partition coefficient (Wildman–Crippen LogP) is 2.84. The number of nitrogen functional groups attached to an aromatic ring is 1. The number of hydrogen-bond donors (Lipinski definition) is 1. The summed E-state index contributed by atoms with van der Waals surface area (Å²) in [7, 11) is 3.25. The van der Waals surface area contributed by atoms with Gasteiger partial charge in [-0.1, -0.05) is 5.16 Å². The van der Waals surface area contributed by atoms with Crippen molar-refractivity contribution in [3.8, 4) is 16.9 Å². The summed E-state index contributed by atoms with van der Waals surface area (Å²) in [5.41, 5.74) is 8.34. The summed E-state index contributed by atoms with van der Waals surface area (Å²) in [4.78, 5) is 0. The molecule has 96 valence electrons. The molecular formula is C12H13BrN2O3. The van der Waals surface area contributed by atoms with Crippen molar-refractivity contribution in [2.45, 2.75) is 6.61 Å². The van der Waals surface area contributed by atoms with Gasteiger partial charge in [0, 0.05) is 7.11 Å². The first-order valence-electron chi connectivity index (χ1n) is 5.23. The normalized spacial score (nSPS) is 10.6. The van der Waals surface area contributed by atoms with E-state index in [2.05, 4.69) is 21.1 Å². The molecule has 0 fully saturated rings. The van der Waals surface area contributed by atoms with Gasteiger partial charge >= 0.3 is 0 Å². The monoisotopic (exact) mass is 312 g/mol. The largest absolute Gasteiger partial charge is 0.496 e. The van der Waals surface area contributed by atoms with Gasteiger partial charge in [-0.25, -0.2) is 0 Å². The summed E-state index contributed by atoms with van der Waals surface area (Å²) in [6.07, 6.45) is 1.59. The van der Waals surface area contributed by atoms with E-state index < -0.39 is 0 Å². The van der Waals surface area contributed by atoms with E-state index >= 15 is 0 Å². The average Bonchev–Trinajstić information content (AvgIpc) is 2.77. The number of ether oxygens (including phenoxy) is 2. The van der Waals surface area contributed by atoms with Crippen LogP contribution in [0.3, 0.4) is 0 Å². The summed E-state index contributed by atoms with van der Waals surface area (Å²) < 4.78 is 16.2. The highest BCUT2D eigenvalue weighted by atomic mass is 79.9. The van der Waals surface area contributed by atoms with Crippen LogP contribution < -0.4 is 10.5 Å². The summed E-state index contributed by atoms with van der Waals surface area (Å²) in [6.45, 7) is 0.448. The number of hydrogen-bond acceptors (Lipinski definition) is 5. The molecule has 2 rings (SSSR count). The lowest BCUT2D eigenvalue weighted by Crippen LogP contribution is -1.96. The highest BCUT2D eigenvalue weighted by Crippen LogP contribution is 2.36. The molecule has 0 saturated heterocycles. The number of rotatable bonds is 4. The van der Waals surface area contributed by atoms with Crippen LogP contribution in [0.15, 0.2) is 27.3 Å². The fourth-order valence-corrected chi connectivity index (χ4v) is 2.23. The van der Waals surface area contributed by atoms with Crippen LogP contribution in [0.5, 0.6) is 5.75 Å². The first kappa shape index (κ1) is 12.9. The van der Waals surface area contributed by atoms with Crippen LogP contribution in [0.25, 0.3) is 11.1 Å². The molecule has 1 heterocycles. The van der Waals surface area contributed by atoms with Crippen LogP contribution >= 0.6 is 15.9 Å². The first-order valence-corrected chi connectivity index (χ1v) is 6.02. The lowest BCUT2D eigenvalue weighted by molar-refractivity contribution is 0.185. The third-order valence-corrected chi connectivity index (χ3v) is 3.19. The molecule has 0 amide bonds. The van der Waals surface area contributed by atoms with Gasteiger partial charge in [-0.2, -0.15) is 0 Å². The molecule has 0 bridgehead atoms. The Hall–Kier alpha value is -1.53. The van der Waals surface area contributed by atoms with Crippen molar-refractivity contribution in [2.24, 2.45) is 0 Å². The minimum atomic E-state index is 0.282. The van der Waals surface area contributed by atoms with E-state index in [1.54, 1.807) is 20.4 Å². The van der Waals surface area contributed by atoms with Gasteiger partial charge in [0.15, 0.2) is 0 Å². The molecule has 0 spiro atoms. The van der Waals surface area contributed by atoms with Gasteiger partial charge in [-0.15, -0.1) is 0 Å². The third-order valence-electron chi connectivity index (χ3n) is 2.57. The summed E-state index contributed by atoms with van der Waals surface area (Å²) in [5, 5.41) is 3.68. The molecular weight excluding hydrogens is 300 g/mol. The number of methoxy groups -OCH3 is 2. The molecule has 0 aliphatic carbocycles. The molecule has 0 saturated carbocycles. The minimum Gasteiger partial charge on any atom is -0.496 e. The lowest BCUT2D eigenvalue weighted by Gasteiger charge is -2.11. The number of halogens is 1. The second-order valence-corrected chi connectivity index (χ2v) is 4.53. The Bertz CT molecular complexity index is 554. The first-order chi connectivity index (χ1) is 8.67. The summed E-state index contributed by atoms with van der Waals surface area (Å²) in [5.74, 6) is 1.02. The zero-order chi connectivity index (χ0) is 13.1. The SMILES string of the molecule is COCc1cc(OC)c(Br)cc1-c1cnoc1N. The van der Waals surface area contributed by atoms with Crippen LogP contribution in [-0.2, 0) is 11.3 Å². The number of nitrogens with zero attached hydrogens (tertiary/aromatic N) is 1. The summed E-state index contributed by atoms with van der Waals surface area (Å²) >= 11 is 3.45. The van der Waals surface area contributed by atoms with Gasteiger partial charge < -0.3 is 19.7 Å². The Labute approximate surface area is 113 Å². The number of nitrogens with two attached hydrogens (primary N) is 1. The van der Waals surface area contributed by atoms with E-state index in [4.69, 9.17) is 19.7 Å². The molecule has 0 atom stereocenters. The van der Waals surface area contributed by atoms with Crippen molar-refractivity contribution in [3.05, 3.63) is 28.4 Å². The maximum Gasteiger partial charge on any atom is 0.229 e. The van der Waals surface area contributed by atoms with Gasteiger partial charge in [0.05, 0.1) is 29.9 Å². The Morgan fingerprint density at radius 3 is 2.67 bits per heavy atom. The Morgan fingerprint density at radius 2 is 2.11 bits per heavy atom. The molecule has 2 N–H and O–H groups in total. The molecule has 6 heteroatoms. The predicted molar refractivity (Wildman–Crippen MR) is 71.3 cm³/mol. The maximum atomic E-state index is 5.74. The van der Waals surface area contributed by atoms with Crippen LogP contribution in [0.2, 0.25) is 0 Å². The van der Waals surface area contributed by atoms with Gasteiger partial charge in [0.1, 0.15) is 5.75 Å². The highest BCUT2D eigenvalue weighted by molar-refractivity contribution is 9.10. The van der Waals surface area contributed by atoms with Crippen molar-refractivity contribution in [2.75, 3.05) is 20.0 Å². The van der Waals surface area contributed by atoms with Crippen molar-refractivity contribution >= 4 is 21.8 Å². The Morgan fingerprint density at radius 1 is 1.33 bits per heavy atom. The molecule has 1 aromatic carbocycles. The molecule has 5 nitrogen and oxygen atoms in total. The number of benzene rings is 1. The molecule has 1 aromatic heterocycles. The highest BCUT2D eigenvalue weighted by Gasteiger charge is 2.15. The maximum absolute atomic E-state index is 5.74.